The third-order valence-corrected chi connectivity index (χ3v) is 15.6. The van der Waals surface area contributed by atoms with Gasteiger partial charge < -0.3 is 14.2 Å². The van der Waals surface area contributed by atoms with Crippen molar-refractivity contribution in [2.24, 2.45) is 0 Å². The molecular formula is C57H50N2OSi. The van der Waals surface area contributed by atoms with Crippen molar-refractivity contribution in [3.8, 4) is 22.6 Å². The summed E-state index contributed by atoms with van der Waals surface area (Å²) in [6, 6.07) is 64.7. The van der Waals surface area contributed by atoms with Crippen LogP contribution in [0.2, 0.25) is 19.6 Å². The van der Waals surface area contributed by atoms with Crippen molar-refractivity contribution in [3.63, 3.8) is 0 Å². The molecule has 0 saturated heterocycles. The van der Waals surface area contributed by atoms with Crippen LogP contribution in [0.15, 0.2) is 180 Å². The summed E-state index contributed by atoms with van der Waals surface area (Å²) in [5, 5.41) is 6.49. The van der Waals surface area contributed by atoms with Crippen LogP contribution in [-0.2, 0) is 10.8 Å². The van der Waals surface area contributed by atoms with Gasteiger partial charge in [0.1, 0.15) is 11.5 Å². The molecule has 3 nitrogen and oxygen atoms in total. The van der Waals surface area contributed by atoms with Crippen LogP contribution in [-0.4, -0.2) is 8.07 Å². The Morgan fingerprint density at radius 3 is 1.38 bits per heavy atom. The average molecular weight is 807 g/mol. The van der Waals surface area contributed by atoms with Gasteiger partial charge in [-0.2, -0.15) is 0 Å². The maximum absolute atomic E-state index is 7.14. The van der Waals surface area contributed by atoms with E-state index in [1.165, 1.54) is 60.1 Å². The fourth-order valence-electron chi connectivity index (χ4n) is 10.3. The van der Waals surface area contributed by atoms with E-state index >= 15 is 0 Å². The summed E-state index contributed by atoms with van der Waals surface area (Å²) in [4.78, 5) is 4.79. The molecular weight excluding hydrogens is 757 g/mol. The van der Waals surface area contributed by atoms with E-state index in [4.69, 9.17) is 4.42 Å². The first kappa shape index (κ1) is 37.4. The molecule has 0 aliphatic heterocycles. The Morgan fingerprint density at radius 2 is 0.820 bits per heavy atom. The van der Waals surface area contributed by atoms with Crippen LogP contribution >= 0.6 is 0 Å². The van der Waals surface area contributed by atoms with E-state index in [9.17, 15) is 0 Å². The molecule has 0 N–H and O–H groups in total. The normalized spacial score (nSPS) is 14.4. The number of para-hydroxylation sites is 2. The van der Waals surface area contributed by atoms with Crippen LogP contribution in [0.5, 0.6) is 0 Å². The largest absolute Gasteiger partial charge is 0.455 e. The molecule has 1 aromatic heterocycles. The quantitative estimate of drug-likeness (QED) is 0.118. The van der Waals surface area contributed by atoms with Crippen molar-refractivity contribution < 1.29 is 4.42 Å². The highest BCUT2D eigenvalue weighted by molar-refractivity contribution is 6.88. The minimum absolute atomic E-state index is 0.282. The van der Waals surface area contributed by atoms with Crippen LogP contribution in [0, 0.1) is 0 Å². The van der Waals surface area contributed by atoms with Gasteiger partial charge in [-0.3, -0.25) is 0 Å². The number of hydrogen-bond donors (Lipinski definition) is 0. The fourth-order valence-corrected chi connectivity index (χ4v) is 11.5. The van der Waals surface area contributed by atoms with E-state index < -0.39 is 8.07 Å². The number of fused-ring (bicyclic) bond motifs is 10. The van der Waals surface area contributed by atoms with Gasteiger partial charge in [-0.15, -0.1) is 0 Å². The van der Waals surface area contributed by atoms with Gasteiger partial charge in [0.15, 0.2) is 0 Å². The van der Waals surface area contributed by atoms with Gasteiger partial charge in [0, 0.05) is 67.2 Å². The Bertz CT molecular complexity index is 3170. The molecule has 0 bridgehead atoms. The predicted octanol–water partition coefficient (Wildman–Crippen LogP) is 15.7. The lowest BCUT2D eigenvalue weighted by atomic mass is 9.74. The lowest BCUT2D eigenvalue weighted by Gasteiger charge is -2.30. The smallest absolute Gasteiger partial charge is 0.139 e. The first-order valence-corrected chi connectivity index (χ1v) is 25.1. The molecule has 0 atom stereocenters. The Labute approximate surface area is 360 Å². The zero-order chi connectivity index (χ0) is 41.8. The van der Waals surface area contributed by atoms with E-state index in [0.717, 1.165) is 45.6 Å². The third-order valence-electron chi connectivity index (χ3n) is 13.5. The molecule has 0 radical (unpaired) electrons. The van der Waals surface area contributed by atoms with Crippen LogP contribution in [0.1, 0.15) is 49.9 Å². The maximum Gasteiger partial charge on any atom is 0.139 e. The zero-order valence-corrected chi connectivity index (χ0v) is 37.0. The zero-order valence-electron chi connectivity index (χ0n) is 36.0. The molecule has 11 rings (SSSR count). The van der Waals surface area contributed by atoms with Gasteiger partial charge in [0.2, 0.25) is 0 Å². The average Bonchev–Trinajstić information content (AvgIpc) is 3.85. The highest BCUT2D eigenvalue weighted by Gasteiger charge is 2.50. The second kappa shape index (κ2) is 13.4. The summed E-state index contributed by atoms with van der Waals surface area (Å²) in [6.45, 7) is 16.8. The van der Waals surface area contributed by atoms with Crippen molar-refractivity contribution in [1.82, 2.24) is 0 Å². The van der Waals surface area contributed by atoms with Crippen molar-refractivity contribution in [3.05, 3.63) is 198 Å². The molecule has 298 valence electrons. The van der Waals surface area contributed by atoms with Crippen LogP contribution in [0.4, 0.5) is 34.1 Å². The predicted molar refractivity (Wildman–Crippen MR) is 261 cm³/mol. The fraction of sp³-hybridized carbons (Fsp3) is 0.158. The van der Waals surface area contributed by atoms with Crippen molar-refractivity contribution >= 4 is 68.9 Å². The summed E-state index contributed by atoms with van der Waals surface area (Å²) < 4.78 is 7.14. The number of anilines is 6. The number of hydrogen-bond acceptors (Lipinski definition) is 3. The van der Waals surface area contributed by atoms with Gasteiger partial charge in [-0.05, 0) is 118 Å². The SMILES string of the molecule is CC1(C)c2cc(N(c3ccccc3)c3ccc([Si](C)(C)C)cc3)ccc2-c2oc3c(c21)C(C)(C)c1cc(N(c2ccccc2)c2ccc4c(ccc5ccccc54)c2)ccc1-3. The molecule has 8 aromatic carbocycles. The molecule has 0 unspecified atom stereocenters. The highest BCUT2D eigenvalue weighted by Crippen LogP contribution is 2.62. The van der Waals surface area contributed by atoms with E-state index in [1.807, 2.05) is 0 Å². The van der Waals surface area contributed by atoms with Crippen molar-refractivity contribution in [1.29, 1.82) is 0 Å². The van der Waals surface area contributed by atoms with E-state index in [2.05, 4.69) is 233 Å². The number of furan rings is 1. The summed E-state index contributed by atoms with van der Waals surface area (Å²) >= 11 is 0. The van der Waals surface area contributed by atoms with Crippen LogP contribution in [0.3, 0.4) is 0 Å². The minimum atomic E-state index is -1.44. The van der Waals surface area contributed by atoms with Crippen LogP contribution < -0.4 is 15.0 Å². The van der Waals surface area contributed by atoms with Crippen LogP contribution in [0.25, 0.3) is 44.2 Å². The molecule has 1 heterocycles. The molecule has 0 fully saturated rings. The van der Waals surface area contributed by atoms with Crippen molar-refractivity contribution in [2.75, 3.05) is 9.80 Å². The van der Waals surface area contributed by atoms with Gasteiger partial charge in [0.25, 0.3) is 0 Å². The van der Waals surface area contributed by atoms with E-state index in [-0.39, 0.29) is 10.8 Å². The Morgan fingerprint density at radius 1 is 0.393 bits per heavy atom. The molecule has 0 saturated carbocycles. The first-order chi connectivity index (χ1) is 29.4. The second-order valence-corrected chi connectivity index (χ2v) is 24.1. The number of rotatable bonds is 7. The number of nitrogens with zero attached hydrogens (tertiary/aromatic N) is 2. The van der Waals surface area contributed by atoms with Gasteiger partial charge in [0.05, 0.1) is 8.07 Å². The van der Waals surface area contributed by atoms with Gasteiger partial charge in [-0.25, -0.2) is 0 Å². The second-order valence-electron chi connectivity index (χ2n) is 19.1. The molecule has 61 heavy (non-hydrogen) atoms. The summed E-state index contributed by atoms with van der Waals surface area (Å²) in [6.07, 6.45) is 0. The molecule has 0 amide bonds. The lowest BCUT2D eigenvalue weighted by Crippen LogP contribution is -2.37. The molecule has 9 aromatic rings. The molecule has 2 aliphatic rings. The Balaban J connectivity index is 0.995. The summed E-state index contributed by atoms with van der Waals surface area (Å²) in [7, 11) is -1.44. The lowest BCUT2D eigenvalue weighted by molar-refractivity contribution is 0.592. The van der Waals surface area contributed by atoms with Gasteiger partial charge in [-0.1, -0.05) is 144 Å². The highest BCUT2D eigenvalue weighted by atomic mass is 28.3. The monoisotopic (exact) mass is 806 g/mol. The summed E-state index contributed by atoms with van der Waals surface area (Å²) in [5.74, 6) is 2.02. The Hall–Kier alpha value is -6.62. The number of benzene rings is 8. The van der Waals surface area contributed by atoms with Crippen molar-refractivity contribution in [2.45, 2.75) is 58.2 Å². The minimum Gasteiger partial charge on any atom is -0.455 e. The Kier molecular flexibility index (Phi) is 8.24. The first-order valence-electron chi connectivity index (χ1n) is 21.6. The van der Waals surface area contributed by atoms with Gasteiger partial charge >= 0.3 is 0 Å². The topological polar surface area (TPSA) is 19.6 Å². The molecule has 2 aliphatic carbocycles. The van der Waals surface area contributed by atoms with E-state index in [0.29, 0.717) is 0 Å². The maximum atomic E-state index is 7.14. The molecule has 4 heteroatoms. The standard InChI is InChI=1S/C57H50N2OSi/c1-56(2)50-35-43(58(39-17-10-8-11-18-39)41-24-29-45(30-25-41)61(5,6)7)27-32-48(50)54-52(56)53-55(60-54)49-33-28-44(36-51(49)57(53,3)4)59(40-19-12-9-13-20-40)42-26-31-47-38(34-42)23-22-37-16-14-15-21-46(37)47/h8-36H,1-7H3. The third kappa shape index (κ3) is 5.76. The molecule has 0 spiro atoms. The van der Waals surface area contributed by atoms with E-state index in [1.54, 1.807) is 0 Å². The summed E-state index contributed by atoms with van der Waals surface area (Å²) in [5.41, 5.74) is 13.8.